The predicted molar refractivity (Wildman–Crippen MR) is 73.5 cm³/mol. The van der Waals surface area contributed by atoms with Crippen molar-refractivity contribution in [1.29, 1.82) is 0 Å². The molecule has 0 aliphatic carbocycles. The number of halogens is 4. The van der Waals surface area contributed by atoms with E-state index in [2.05, 4.69) is 26.2 Å². The third-order valence-corrected chi connectivity index (χ3v) is 4.05. The smallest absolute Gasteiger partial charge is 0.387 e. The van der Waals surface area contributed by atoms with E-state index in [0.717, 1.165) is 5.56 Å². The summed E-state index contributed by atoms with van der Waals surface area (Å²) in [5.41, 5.74) is 0.883. The molecule has 0 bridgehead atoms. The molecule has 0 unspecified atom stereocenters. The van der Waals surface area contributed by atoms with Crippen LogP contribution in [0.4, 0.5) is 18.9 Å². The Balaban J connectivity index is 2.96. The number of hydrogen-bond acceptors (Lipinski definition) is 2. The topological polar surface area (TPSA) is 24.9 Å². The van der Waals surface area contributed by atoms with Crippen molar-refractivity contribution in [2.45, 2.75) is 20.0 Å². The summed E-state index contributed by atoms with van der Waals surface area (Å²) in [6, 6.07) is 3.63. The van der Waals surface area contributed by atoms with Crippen LogP contribution in [-0.2, 0) is 6.18 Å². The number of alkyl halides is 3. The standard InChI is InChI=1S/C13H12BrF3N2/c1-6-4-5-8-10(18-3)7(2)12(13(15,16)17)19-11(8)9(6)14/h4-5H,1-3H3,(H,18,19). The molecule has 0 aliphatic heterocycles. The first-order chi connectivity index (χ1) is 8.77. The molecule has 1 aromatic carbocycles. The minimum absolute atomic E-state index is 0.109. The van der Waals surface area contributed by atoms with Crippen molar-refractivity contribution in [2.75, 3.05) is 12.4 Å². The van der Waals surface area contributed by atoms with Crippen LogP contribution < -0.4 is 5.32 Å². The molecule has 0 radical (unpaired) electrons. The first-order valence-electron chi connectivity index (χ1n) is 5.61. The van der Waals surface area contributed by atoms with Crippen LogP contribution in [0.1, 0.15) is 16.8 Å². The maximum absolute atomic E-state index is 13.0. The van der Waals surface area contributed by atoms with E-state index in [4.69, 9.17) is 0 Å². The van der Waals surface area contributed by atoms with Crippen molar-refractivity contribution < 1.29 is 13.2 Å². The summed E-state index contributed by atoms with van der Waals surface area (Å²) in [6.07, 6.45) is -4.47. The van der Waals surface area contributed by atoms with E-state index in [-0.39, 0.29) is 5.56 Å². The molecule has 2 aromatic rings. The Labute approximate surface area is 117 Å². The summed E-state index contributed by atoms with van der Waals surface area (Å²) >= 11 is 3.31. The van der Waals surface area contributed by atoms with Gasteiger partial charge in [-0.1, -0.05) is 12.1 Å². The molecule has 1 aromatic heterocycles. The highest BCUT2D eigenvalue weighted by Crippen LogP contribution is 2.39. The number of anilines is 1. The van der Waals surface area contributed by atoms with E-state index in [9.17, 15) is 13.2 Å². The number of nitrogens with zero attached hydrogens (tertiary/aromatic N) is 1. The summed E-state index contributed by atoms with van der Waals surface area (Å²) in [6.45, 7) is 3.24. The Bertz CT molecular complexity index is 651. The molecule has 1 N–H and O–H groups in total. The molecule has 0 spiro atoms. The van der Waals surface area contributed by atoms with Gasteiger partial charge in [-0.3, -0.25) is 0 Å². The van der Waals surface area contributed by atoms with Gasteiger partial charge in [-0.2, -0.15) is 13.2 Å². The van der Waals surface area contributed by atoms with Crippen molar-refractivity contribution >= 4 is 32.5 Å². The molecule has 1 heterocycles. The average Bonchev–Trinajstić information content (AvgIpc) is 2.32. The van der Waals surface area contributed by atoms with E-state index >= 15 is 0 Å². The fraction of sp³-hybridized carbons (Fsp3) is 0.308. The second kappa shape index (κ2) is 4.67. The number of fused-ring (bicyclic) bond motifs is 1. The third kappa shape index (κ3) is 2.29. The van der Waals surface area contributed by atoms with Gasteiger partial charge >= 0.3 is 6.18 Å². The lowest BCUT2D eigenvalue weighted by Gasteiger charge is -2.17. The summed E-state index contributed by atoms with van der Waals surface area (Å²) in [7, 11) is 1.61. The van der Waals surface area contributed by atoms with Gasteiger partial charge < -0.3 is 5.32 Å². The lowest BCUT2D eigenvalue weighted by atomic mass is 10.0. The second-order valence-corrected chi connectivity index (χ2v) is 5.09. The Hall–Kier alpha value is -1.30. The zero-order valence-corrected chi connectivity index (χ0v) is 12.2. The van der Waals surface area contributed by atoms with Crippen molar-refractivity contribution in [3.05, 3.63) is 33.4 Å². The number of hydrogen-bond donors (Lipinski definition) is 1. The predicted octanol–water partition coefficient (Wildman–Crippen LogP) is 4.67. The number of aryl methyl sites for hydroxylation is 1. The monoisotopic (exact) mass is 332 g/mol. The Kier molecular flexibility index (Phi) is 3.47. The van der Waals surface area contributed by atoms with Gasteiger partial charge in [0.2, 0.25) is 0 Å². The average molecular weight is 333 g/mol. The summed E-state index contributed by atoms with van der Waals surface area (Å²) in [4.78, 5) is 3.80. The van der Waals surface area contributed by atoms with E-state index in [1.165, 1.54) is 6.92 Å². The molecule has 2 rings (SSSR count). The van der Waals surface area contributed by atoms with Crippen LogP contribution >= 0.6 is 15.9 Å². The zero-order valence-electron chi connectivity index (χ0n) is 10.6. The van der Waals surface area contributed by atoms with E-state index in [1.807, 2.05) is 13.0 Å². The minimum Gasteiger partial charge on any atom is -0.387 e. The molecule has 0 atom stereocenters. The molecule has 0 saturated heterocycles. The van der Waals surface area contributed by atoms with Gasteiger partial charge in [0.15, 0.2) is 0 Å². The normalized spacial score (nSPS) is 11.9. The van der Waals surface area contributed by atoms with Crippen molar-refractivity contribution in [1.82, 2.24) is 4.98 Å². The van der Waals surface area contributed by atoms with Gasteiger partial charge in [0.1, 0.15) is 5.69 Å². The van der Waals surface area contributed by atoms with E-state index in [1.54, 1.807) is 13.1 Å². The van der Waals surface area contributed by atoms with Gasteiger partial charge in [-0.05, 0) is 35.3 Å². The number of aromatic nitrogens is 1. The highest BCUT2D eigenvalue weighted by molar-refractivity contribution is 9.10. The maximum atomic E-state index is 13.0. The molecule has 0 aliphatic rings. The SMILES string of the molecule is CNc1c(C)c(C(F)(F)F)nc2c(Br)c(C)ccc12. The maximum Gasteiger partial charge on any atom is 0.433 e. The summed E-state index contributed by atoms with van der Waals surface area (Å²) in [5, 5.41) is 3.51. The zero-order chi connectivity index (χ0) is 14.4. The molecule has 2 nitrogen and oxygen atoms in total. The van der Waals surface area contributed by atoms with Crippen LogP contribution in [-0.4, -0.2) is 12.0 Å². The van der Waals surface area contributed by atoms with E-state index < -0.39 is 11.9 Å². The van der Waals surface area contributed by atoms with Gasteiger partial charge in [0, 0.05) is 28.2 Å². The van der Waals surface area contributed by atoms with Crippen LogP contribution in [0.3, 0.4) is 0 Å². The minimum atomic E-state index is -4.47. The summed E-state index contributed by atoms with van der Waals surface area (Å²) < 4.78 is 39.6. The van der Waals surface area contributed by atoms with Gasteiger partial charge in [-0.15, -0.1) is 0 Å². The largest absolute Gasteiger partial charge is 0.433 e. The Morgan fingerprint density at radius 1 is 1.21 bits per heavy atom. The molecule has 102 valence electrons. The molecule has 0 amide bonds. The first kappa shape index (κ1) is 14.1. The number of nitrogens with one attached hydrogen (secondary N) is 1. The summed E-state index contributed by atoms with van der Waals surface area (Å²) in [5.74, 6) is 0. The number of benzene rings is 1. The Morgan fingerprint density at radius 3 is 2.37 bits per heavy atom. The molecule has 19 heavy (non-hydrogen) atoms. The lowest BCUT2D eigenvalue weighted by molar-refractivity contribution is -0.141. The van der Waals surface area contributed by atoms with Crippen LogP contribution in [0.2, 0.25) is 0 Å². The van der Waals surface area contributed by atoms with Crippen molar-refractivity contribution in [2.24, 2.45) is 0 Å². The van der Waals surface area contributed by atoms with Gasteiger partial charge in [-0.25, -0.2) is 4.98 Å². The molecular weight excluding hydrogens is 321 g/mol. The van der Waals surface area contributed by atoms with Crippen LogP contribution in [0.5, 0.6) is 0 Å². The van der Waals surface area contributed by atoms with Gasteiger partial charge in [0.25, 0.3) is 0 Å². The fourth-order valence-electron chi connectivity index (χ4n) is 2.09. The lowest BCUT2D eigenvalue weighted by Crippen LogP contribution is -2.13. The Morgan fingerprint density at radius 2 is 1.84 bits per heavy atom. The second-order valence-electron chi connectivity index (χ2n) is 4.30. The van der Waals surface area contributed by atoms with Gasteiger partial charge in [0.05, 0.1) is 5.52 Å². The highest BCUT2D eigenvalue weighted by atomic mass is 79.9. The van der Waals surface area contributed by atoms with Crippen molar-refractivity contribution in [3.63, 3.8) is 0 Å². The third-order valence-electron chi connectivity index (χ3n) is 3.05. The molecule has 6 heteroatoms. The van der Waals surface area contributed by atoms with Crippen LogP contribution in [0.15, 0.2) is 16.6 Å². The quantitative estimate of drug-likeness (QED) is 0.820. The number of rotatable bonds is 1. The number of pyridine rings is 1. The van der Waals surface area contributed by atoms with Crippen LogP contribution in [0, 0.1) is 13.8 Å². The molecular formula is C13H12BrF3N2. The molecule has 0 fully saturated rings. The fourth-order valence-corrected chi connectivity index (χ4v) is 2.53. The first-order valence-corrected chi connectivity index (χ1v) is 6.41. The highest BCUT2D eigenvalue weighted by Gasteiger charge is 2.36. The van der Waals surface area contributed by atoms with E-state index in [0.29, 0.717) is 21.1 Å². The van der Waals surface area contributed by atoms with Crippen LogP contribution in [0.25, 0.3) is 10.9 Å². The molecule has 0 saturated carbocycles. The van der Waals surface area contributed by atoms with Crippen molar-refractivity contribution in [3.8, 4) is 0 Å².